The molecule has 0 fully saturated rings. The minimum absolute atomic E-state index is 0.0163. The van der Waals surface area contributed by atoms with Crippen molar-refractivity contribution in [3.63, 3.8) is 0 Å². The van der Waals surface area contributed by atoms with Gasteiger partial charge in [0, 0.05) is 23.5 Å². The number of anilines is 2. The molecule has 1 heterocycles. The third kappa shape index (κ3) is 5.64. The molecule has 198 valence electrons. The van der Waals surface area contributed by atoms with Crippen LogP contribution in [0, 0.1) is 5.92 Å². The van der Waals surface area contributed by atoms with Gasteiger partial charge in [0.15, 0.2) is 0 Å². The topological polar surface area (TPSA) is 87.7 Å². The van der Waals surface area contributed by atoms with Crippen LogP contribution in [0.2, 0.25) is 0 Å². The highest BCUT2D eigenvalue weighted by molar-refractivity contribution is 6.01. The summed E-state index contributed by atoms with van der Waals surface area (Å²) in [6, 6.07) is 15.3. The summed E-state index contributed by atoms with van der Waals surface area (Å²) in [7, 11) is 1.30. The molecular weight excluding hydrogens is 499 g/mol. The minimum Gasteiger partial charge on any atom is -0.467 e. The van der Waals surface area contributed by atoms with Gasteiger partial charge in [-0.05, 0) is 65.1 Å². The number of alkyl halides is 3. The SMILES string of the molecule is COC(=O)C(C(C)C)N1Cc2cc(-c3ccc(NC(=O)Nc4cccc(C(F)(F)F)c4)cc3)ccc2C1=O. The Morgan fingerprint density at radius 2 is 1.58 bits per heavy atom. The third-order valence-electron chi connectivity index (χ3n) is 6.27. The van der Waals surface area contributed by atoms with Gasteiger partial charge in [-0.2, -0.15) is 13.2 Å². The van der Waals surface area contributed by atoms with Crippen molar-refractivity contribution in [3.8, 4) is 11.1 Å². The molecule has 3 aromatic rings. The zero-order chi connectivity index (χ0) is 27.6. The van der Waals surface area contributed by atoms with E-state index >= 15 is 0 Å². The molecule has 1 unspecified atom stereocenters. The molecule has 3 amide bonds. The first kappa shape index (κ1) is 26.7. The van der Waals surface area contributed by atoms with Gasteiger partial charge >= 0.3 is 18.2 Å². The Kier molecular flexibility index (Phi) is 7.43. The van der Waals surface area contributed by atoms with Crippen LogP contribution >= 0.6 is 0 Å². The van der Waals surface area contributed by atoms with Crippen molar-refractivity contribution in [2.45, 2.75) is 32.6 Å². The van der Waals surface area contributed by atoms with Crippen LogP contribution < -0.4 is 10.6 Å². The number of nitrogens with one attached hydrogen (secondary N) is 2. The Labute approximate surface area is 217 Å². The molecule has 10 heteroatoms. The predicted molar refractivity (Wildman–Crippen MR) is 136 cm³/mol. The largest absolute Gasteiger partial charge is 0.467 e. The molecule has 3 aromatic carbocycles. The van der Waals surface area contributed by atoms with Gasteiger partial charge in [-0.3, -0.25) is 4.79 Å². The summed E-state index contributed by atoms with van der Waals surface area (Å²) in [4.78, 5) is 39.1. The number of methoxy groups -OCH3 is 1. The van der Waals surface area contributed by atoms with Crippen molar-refractivity contribution in [2.75, 3.05) is 17.7 Å². The second-order valence-electron chi connectivity index (χ2n) is 9.25. The Hall–Kier alpha value is -4.34. The number of amides is 3. The van der Waals surface area contributed by atoms with Crippen LogP contribution in [0.5, 0.6) is 0 Å². The third-order valence-corrected chi connectivity index (χ3v) is 6.27. The molecule has 0 spiro atoms. The fraction of sp³-hybridized carbons (Fsp3) is 0.250. The number of esters is 1. The lowest BCUT2D eigenvalue weighted by molar-refractivity contribution is -0.147. The van der Waals surface area contributed by atoms with Crippen LogP contribution in [0.25, 0.3) is 11.1 Å². The normalized spacial score (nSPS) is 13.8. The Morgan fingerprint density at radius 3 is 2.21 bits per heavy atom. The van der Waals surface area contributed by atoms with E-state index in [2.05, 4.69) is 10.6 Å². The number of nitrogens with zero attached hydrogens (tertiary/aromatic N) is 1. The number of ether oxygens (including phenoxy) is 1. The molecule has 38 heavy (non-hydrogen) atoms. The van der Waals surface area contributed by atoms with Crippen LogP contribution in [0.3, 0.4) is 0 Å². The maximum atomic E-state index is 13.0. The number of fused-ring (bicyclic) bond motifs is 1. The van der Waals surface area contributed by atoms with Crippen molar-refractivity contribution in [1.82, 2.24) is 4.90 Å². The molecule has 0 aliphatic carbocycles. The molecule has 0 saturated carbocycles. The molecule has 1 atom stereocenters. The molecule has 7 nitrogen and oxygen atoms in total. The molecule has 1 aliphatic rings. The second-order valence-corrected chi connectivity index (χ2v) is 9.25. The van der Waals surface area contributed by atoms with Crippen molar-refractivity contribution in [1.29, 1.82) is 0 Å². The number of halogens is 3. The summed E-state index contributed by atoms with van der Waals surface area (Å²) in [5, 5.41) is 4.99. The minimum atomic E-state index is -4.51. The average Bonchev–Trinajstić information content (AvgIpc) is 3.19. The molecular formula is C28H26F3N3O4. The van der Waals surface area contributed by atoms with E-state index in [1.54, 1.807) is 30.3 Å². The van der Waals surface area contributed by atoms with Crippen LogP contribution in [0.1, 0.15) is 35.3 Å². The maximum absolute atomic E-state index is 13.0. The van der Waals surface area contributed by atoms with E-state index < -0.39 is 29.8 Å². The van der Waals surface area contributed by atoms with E-state index in [1.165, 1.54) is 24.1 Å². The molecule has 1 aliphatic heterocycles. The number of carbonyl (C=O) groups is 3. The van der Waals surface area contributed by atoms with Gasteiger partial charge in [0.2, 0.25) is 0 Å². The summed E-state index contributed by atoms with van der Waals surface area (Å²) in [5.41, 5.74) is 2.61. The van der Waals surface area contributed by atoms with E-state index in [4.69, 9.17) is 4.74 Å². The number of rotatable bonds is 6. The molecule has 0 saturated heterocycles. The first-order valence-electron chi connectivity index (χ1n) is 11.9. The Morgan fingerprint density at radius 1 is 0.921 bits per heavy atom. The summed E-state index contributed by atoms with van der Waals surface area (Å²) in [6.07, 6.45) is -4.51. The standard InChI is InChI=1S/C28H26F3N3O4/c1-16(2)24(26(36)38-3)34-15-19-13-18(9-12-23(19)25(34)35)17-7-10-21(11-8-17)32-27(37)33-22-6-4-5-20(14-22)28(29,30)31/h4-14,16,24H,15H2,1-3H3,(H2,32,33,37). The highest BCUT2D eigenvalue weighted by Gasteiger charge is 2.38. The highest BCUT2D eigenvalue weighted by Crippen LogP contribution is 2.32. The van der Waals surface area contributed by atoms with Crippen molar-refractivity contribution >= 4 is 29.3 Å². The first-order valence-corrected chi connectivity index (χ1v) is 11.9. The monoisotopic (exact) mass is 525 g/mol. The van der Waals surface area contributed by atoms with Gasteiger partial charge in [0.1, 0.15) is 6.04 Å². The molecule has 0 bridgehead atoms. The number of hydrogen-bond acceptors (Lipinski definition) is 4. The van der Waals surface area contributed by atoms with Gasteiger partial charge < -0.3 is 20.3 Å². The van der Waals surface area contributed by atoms with E-state index in [9.17, 15) is 27.6 Å². The van der Waals surface area contributed by atoms with Gasteiger partial charge in [-0.25, -0.2) is 9.59 Å². The van der Waals surface area contributed by atoms with E-state index in [1.807, 2.05) is 26.0 Å². The Bertz CT molecular complexity index is 1370. The van der Waals surface area contributed by atoms with E-state index in [0.717, 1.165) is 28.8 Å². The van der Waals surface area contributed by atoms with E-state index in [0.29, 0.717) is 11.3 Å². The highest BCUT2D eigenvalue weighted by atomic mass is 19.4. The lowest BCUT2D eigenvalue weighted by atomic mass is 10.0. The maximum Gasteiger partial charge on any atom is 0.416 e. The summed E-state index contributed by atoms with van der Waals surface area (Å²) in [5.74, 6) is -0.797. The molecule has 2 N–H and O–H groups in total. The molecule has 0 radical (unpaired) electrons. The lowest BCUT2D eigenvalue weighted by Crippen LogP contribution is -2.45. The van der Waals surface area contributed by atoms with Crippen molar-refractivity contribution in [3.05, 3.63) is 83.4 Å². The number of benzene rings is 3. The number of carbonyl (C=O) groups excluding carboxylic acids is 3. The van der Waals surface area contributed by atoms with Crippen LogP contribution in [0.15, 0.2) is 66.7 Å². The van der Waals surface area contributed by atoms with Gasteiger partial charge in [-0.1, -0.05) is 38.1 Å². The van der Waals surface area contributed by atoms with Crippen LogP contribution in [-0.2, 0) is 22.3 Å². The zero-order valence-corrected chi connectivity index (χ0v) is 20.9. The van der Waals surface area contributed by atoms with Crippen molar-refractivity contribution < 1.29 is 32.3 Å². The summed E-state index contributed by atoms with van der Waals surface area (Å²) in [6.45, 7) is 4.01. The van der Waals surface area contributed by atoms with Crippen LogP contribution in [0.4, 0.5) is 29.3 Å². The average molecular weight is 526 g/mol. The Balaban J connectivity index is 1.44. The zero-order valence-electron chi connectivity index (χ0n) is 20.9. The summed E-state index contributed by atoms with van der Waals surface area (Å²) >= 11 is 0. The quantitative estimate of drug-likeness (QED) is 0.377. The van der Waals surface area contributed by atoms with Crippen LogP contribution in [-0.4, -0.2) is 36.0 Å². The molecule has 0 aromatic heterocycles. The second kappa shape index (κ2) is 10.6. The van der Waals surface area contributed by atoms with Gasteiger partial charge in [-0.15, -0.1) is 0 Å². The predicted octanol–water partition coefficient (Wildman–Crippen LogP) is 6.17. The van der Waals surface area contributed by atoms with Gasteiger partial charge in [0.25, 0.3) is 5.91 Å². The summed E-state index contributed by atoms with van der Waals surface area (Å²) < 4.78 is 43.6. The van der Waals surface area contributed by atoms with Gasteiger partial charge in [0.05, 0.1) is 12.7 Å². The lowest BCUT2D eigenvalue weighted by Gasteiger charge is -2.28. The fourth-order valence-corrected chi connectivity index (χ4v) is 4.44. The number of urea groups is 1. The molecule has 4 rings (SSSR count). The first-order chi connectivity index (χ1) is 18.0. The van der Waals surface area contributed by atoms with E-state index in [-0.39, 0.29) is 24.1 Å². The smallest absolute Gasteiger partial charge is 0.416 e. The number of hydrogen-bond donors (Lipinski definition) is 2. The van der Waals surface area contributed by atoms with Crippen molar-refractivity contribution in [2.24, 2.45) is 5.92 Å². The fourth-order valence-electron chi connectivity index (χ4n) is 4.44.